The number of hydrogen-bond donors (Lipinski definition) is 0. The summed E-state index contributed by atoms with van der Waals surface area (Å²) in [7, 11) is -4.06. The van der Waals surface area contributed by atoms with Crippen LogP contribution in [0.5, 0.6) is 0 Å². The fourth-order valence-electron chi connectivity index (χ4n) is 2.44. The summed E-state index contributed by atoms with van der Waals surface area (Å²) in [6.45, 7) is 3.79. The van der Waals surface area contributed by atoms with Crippen LogP contribution in [-0.4, -0.2) is 21.0 Å². The summed E-state index contributed by atoms with van der Waals surface area (Å²) < 4.78 is 44.4. The molecule has 0 saturated carbocycles. The van der Waals surface area contributed by atoms with Gasteiger partial charge in [0.15, 0.2) is 0 Å². The van der Waals surface area contributed by atoms with Gasteiger partial charge >= 0.3 is 156 Å². The van der Waals surface area contributed by atoms with E-state index in [9.17, 15) is 12.3 Å². The minimum absolute atomic E-state index is 0.0450. The van der Waals surface area contributed by atoms with E-state index < -0.39 is 22.6 Å². The van der Waals surface area contributed by atoms with Gasteiger partial charge in [0.2, 0.25) is 0 Å². The molecule has 0 saturated heterocycles. The van der Waals surface area contributed by atoms with Crippen molar-refractivity contribution in [3.8, 4) is 0 Å². The van der Waals surface area contributed by atoms with Crippen LogP contribution in [0.2, 0.25) is 0 Å². The van der Waals surface area contributed by atoms with Gasteiger partial charge in [-0.05, 0) is 0 Å². The Labute approximate surface area is 155 Å². The van der Waals surface area contributed by atoms with Gasteiger partial charge in [0.25, 0.3) is 0 Å². The first-order valence-corrected chi connectivity index (χ1v) is 12.6. The average molecular weight is 432 g/mol. The van der Waals surface area contributed by atoms with E-state index in [0.717, 1.165) is 11.1 Å². The molecule has 0 N–H and O–H groups in total. The van der Waals surface area contributed by atoms with Crippen LogP contribution >= 0.6 is 0 Å². The van der Waals surface area contributed by atoms with Gasteiger partial charge in [-0.15, -0.1) is 0 Å². The van der Waals surface area contributed by atoms with E-state index in [0.29, 0.717) is 8.92 Å². The third-order valence-electron chi connectivity index (χ3n) is 3.93. The molecule has 3 aromatic carbocycles. The van der Waals surface area contributed by atoms with E-state index in [1.807, 2.05) is 26.0 Å². The first-order valence-electron chi connectivity index (χ1n) is 8.03. The van der Waals surface area contributed by atoms with E-state index in [-0.39, 0.29) is 4.90 Å². The van der Waals surface area contributed by atoms with Gasteiger partial charge in [0, 0.05) is 0 Å². The summed E-state index contributed by atoms with van der Waals surface area (Å²) in [6, 6.07) is 22.0. The number of nitrogens with zero attached hydrogens (tertiary/aromatic N) is 1. The van der Waals surface area contributed by atoms with Gasteiger partial charge in [0.05, 0.1) is 0 Å². The van der Waals surface area contributed by atoms with E-state index in [4.69, 9.17) is 0 Å². The molecule has 0 heterocycles. The monoisotopic (exact) mass is 433 g/mol. The van der Waals surface area contributed by atoms with Crippen molar-refractivity contribution in [2.75, 3.05) is 0 Å². The second-order valence-electron chi connectivity index (χ2n) is 6.01. The Morgan fingerprint density at radius 2 is 1.15 bits per heavy atom. The van der Waals surface area contributed by atoms with Gasteiger partial charge in [-0.2, -0.15) is 0 Å². The molecule has 134 valence electrons. The van der Waals surface area contributed by atoms with E-state index in [1.165, 1.54) is 12.1 Å². The number of rotatable bonds is 4. The average Bonchev–Trinajstić information content (AvgIpc) is 2.63. The van der Waals surface area contributed by atoms with Crippen molar-refractivity contribution < 1.29 is 12.3 Å². The predicted molar refractivity (Wildman–Crippen MR) is 104 cm³/mol. The maximum absolute atomic E-state index is 13.9. The maximum atomic E-state index is 13.9. The first kappa shape index (κ1) is 18.5. The van der Waals surface area contributed by atoms with Gasteiger partial charge in [-0.25, -0.2) is 0 Å². The first-order chi connectivity index (χ1) is 12.3. The van der Waals surface area contributed by atoms with Crippen molar-refractivity contribution in [3.05, 3.63) is 90.0 Å². The van der Waals surface area contributed by atoms with Gasteiger partial charge in [0.1, 0.15) is 0 Å². The molecular formula is C20H19NO3SSe. The topological polar surface area (TPSA) is 63.6 Å². The summed E-state index contributed by atoms with van der Waals surface area (Å²) in [5.41, 5.74) is 1.94. The standard InChI is InChI=1S/C20H19NO3SSe/c1-16-8-12-18(13-9-16)25(22,23)21-26(24,19-6-4-3-5-7-19)20-14-10-17(2)11-15-20/h3-15H,1-2H3. The Bertz CT molecular complexity index is 1130. The molecule has 0 fully saturated rings. The molecule has 6 heteroatoms. The fraction of sp³-hybridized carbons (Fsp3) is 0.100. The van der Waals surface area contributed by atoms with Crippen LogP contribution in [0.3, 0.4) is 0 Å². The van der Waals surface area contributed by atoms with Crippen molar-refractivity contribution in [1.29, 1.82) is 0 Å². The van der Waals surface area contributed by atoms with E-state index in [1.54, 1.807) is 54.6 Å². The zero-order valence-corrected chi connectivity index (χ0v) is 17.0. The molecule has 0 aliphatic heterocycles. The van der Waals surface area contributed by atoms with Crippen LogP contribution in [-0.2, 0) is 13.9 Å². The Morgan fingerprint density at radius 3 is 1.69 bits per heavy atom. The molecular weight excluding hydrogens is 413 g/mol. The number of aryl methyl sites for hydroxylation is 2. The Morgan fingerprint density at radius 1 is 0.692 bits per heavy atom. The Kier molecular flexibility index (Phi) is 5.10. The quantitative estimate of drug-likeness (QED) is 0.596. The summed E-state index contributed by atoms with van der Waals surface area (Å²) in [6.07, 6.45) is 0. The molecule has 4 nitrogen and oxygen atoms in total. The number of hydrogen-bond acceptors (Lipinski definition) is 3. The summed E-state index contributed by atoms with van der Waals surface area (Å²) in [4.78, 5) is 0.0450. The molecule has 0 bridgehead atoms. The summed E-state index contributed by atoms with van der Waals surface area (Å²) in [5, 5.41) is 0. The molecule has 3 aromatic rings. The molecule has 0 amide bonds. The summed E-state index contributed by atoms with van der Waals surface area (Å²) >= 11 is -4.30. The molecule has 0 aliphatic rings. The van der Waals surface area contributed by atoms with E-state index >= 15 is 0 Å². The van der Waals surface area contributed by atoms with Crippen LogP contribution in [0.1, 0.15) is 11.1 Å². The van der Waals surface area contributed by atoms with Crippen LogP contribution in [0.15, 0.2) is 87.1 Å². The second-order valence-corrected chi connectivity index (χ2v) is 12.7. The molecule has 0 radical (unpaired) electrons. The molecule has 0 aliphatic carbocycles. The van der Waals surface area contributed by atoms with Gasteiger partial charge in [-0.1, -0.05) is 0 Å². The molecule has 26 heavy (non-hydrogen) atoms. The third-order valence-corrected chi connectivity index (χ3v) is 11.6. The zero-order valence-electron chi connectivity index (χ0n) is 14.5. The normalized spacial score (nSPS) is 13.8. The zero-order chi connectivity index (χ0) is 18.8. The van der Waals surface area contributed by atoms with Crippen molar-refractivity contribution >= 4 is 31.5 Å². The molecule has 1 unspecified atom stereocenters. The van der Waals surface area contributed by atoms with Crippen LogP contribution in [0.4, 0.5) is 0 Å². The van der Waals surface area contributed by atoms with Crippen molar-refractivity contribution in [2.24, 2.45) is 3.37 Å². The molecule has 0 aromatic heterocycles. The molecule has 1 atom stereocenters. The van der Waals surface area contributed by atoms with Crippen molar-refractivity contribution in [3.63, 3.8) is 0 Å². The van der Waals surface area contributed by atoms with Crippen LogP contribution in [0.25, 0.3) is 0 Å². The predicted octanol–water partition coefficient (Wildman–Crippen LogP) is 2.95. The van der Waals surface area contributed by atoms with Crippen molar-refractivity contribution in [1.82, 2.24) is 0 Å². The second kappa shape index (κ2) is 7.15. The molecule has 0 spiro atoms. The van der Waals surface area contributed by atoms with Crippen molar-refractivity contribution in [2.45, 2.75) is 18.7 Å². The third kappa shape index (κ3) is 3.78. The van der Waals surface area contributed by atoms with Crippen LogP contribution < -0.4 is 8.92 Å². The Hall–Kier alpha value is -2.27. The minimum atomic E-state index is -4.30. The number of benzene rings is 3. The van der Waals surface area contributed by atoms with Gasteiger partial charge in [-0.3, -0.25) is 0 Å². The number of sulfonamides is 1. The Balaban J connectivity index is 2.27. The van der Waals surface area contributed by atoms with Crippen LogP contribution in [0, 0.1) is 13.8 Å². The molecule has 3 rings (SSSR count). The van der Waals surface area contributed by atoms with Gasteiger partial charge < -0.3 is 0 Å². The fourth-order valence-corrected chi connectivity index (χ4v) is 9.55. The summed E-state index contributed by atoms with van der Waals surface area (Å²) in [5.74, 6) is 0. The SMILES string of the molecule is Cc1ccc(S(=O)(=O)N=[Se](=O)(c2ccccc2)c2ccc(C)cc2)cc1. The van der Waals surface area contributed by atoms with E-state index in [2.05, 4.69) is 3.37 Å².